The van der Waals surface area contributed by atoms with Crippen LogP contribution in [0.4, 0.5) is 4.39 Å². The molecule has 2 aromatic carbocycles. The summed E-state index contributed by atoms with van der Waals surface area (Å²) < 4.78 is 36.1. The lowest BCUT2D eigenvalue weighted by molar-refractivity contribution is -0.293. The first kappa shape index (κ1) is 28.3. The first-order valence-corrected chi connectivity index (χ1v) is 12.7. The highest BCUT2D eigenvalue weighted by molar-refractivity contribution is 5.85. The summed E-state index contributed by atoms with van der Waals surface area (Å²) in [5, 5.41) is 8.73. The van der Waals surface area contributed by atoms with E-state index in [0.717, 1.165) is 5.56 Å². The molecule has 4 aromatic rings. The lowest BCUT2D eigenvalue weighted by Gasteiger charge is -2.40. The van der Waals surface area contributed by atoms with Gasteiger partial charge in [0.25, 0.3) is 5.91 Å². The zero-order chi connectivity index (χ0) is 29.7. The fourth-order valence-electron chi connectivity index (χ4n) is 4.19. The third kappa shape index (κ3) is 5.67. The van der Waals surface area contributed by atoms with Crippen molar-refractivity contribution in [1.82, 2.24) is 19.9 Å². The molecule has 0 spiro atoms. The van der Waals surface area contributed by atoms with Crippen LogP contribution in [0.2, 0.25) is 0 Å². The monoisotopic (exact) mass is 572 g/mol. The molecule has 1 fully saturated rings. The van der Waals surface area contributed by atoms with Gasteiger partial charge in [0.1, 0.15) is 23.9 Å². The number of carbonyl (C=O) groups excluding carboxylic acids is 2. The van der Waals surface area contributed by atoms with Gasteiger partial charge in [0.05, 0.1) is 30.3 Å². The van der Waals surface area contributed by atoms with Crippen LogP contribution in [0.15, 0.2) is 66.9 Å². The van der Waals surface area contributed by atoms with Gasteiger partial charge in [-0.25, -0.2) is 14.4 Å². The van der Waals surface area contributed by atoms with E-state index in [9.17, 15) is 14.0 Å². The molecule has 0 radical (unpaired) electrons. The molecule has 13 heteroatoms. The molecule has 1 saturated heterocycles. The Morgan fingerprint density at radius 2 is 1.81 bits per heavy atom. The second-order valence-corrected chi connectivity index (χ2v) is 9.67. The van der Waals surface area contributed by atoms with Crippen molar-refractivity contribution in [2.24, 2.45) is 11.1 Å². The van der Waals surface area contributed by atoms with E-state index in [4.69, 9.17) is 29.9 Å². The van der Waals surface area contributed by atoms with E-state index in [-0.39, 0.29) is 37.3 Å². The SMILES string of the molecule is CC1(C(=O)OCC#N)COC(C(N)=O)(c2nc(-c3ccc(F)cc3)c(-c3ccnc(OCc4ccccc4)n3)[nH]2)OC1. The highest BCUT2D eigenvalue weighted by atomic mass is 19.1. The Morgan fingerprint density at radius 1 is 1.10 bits per heavy atom. The van der Waals surface area contributed by atoms with Crippen LogP contribution in [-0.4, -0.2) is 51.6 Å². The van der Waals surface area contributed by atoms with Crippen molar-refractivity contribution in [3.8, 4) is 34.7 Å². The molecule has 0 atom stereocenters. The fourth-order valence-corrected chi connectivity index (χ4v) is 4.19. The van der Waals surface area contributed by atoms with Crippen molar-refractivity contribution in [1.29, 1.82) is 5.26 Å². The zero-order valence-corrected chi connectivity index (χ0v) is 22.4. The normalized spacial score (nSPS) is 19.9. The highest BCUT2D eigenvalue weighted by Gasteiger charge is 2.54. The highest BCUT2D eigenvalue weighted by Crippen LogP contribution is 2.39. The van der Waals surface area contributed by atoms with Crippen LogP contribution in [0, 0.1) is 22.6 Å². The number of aromatic amines is 1. The molecular weight excluding hydrogens is 547 g/mol. The number of hydrogen-bond acceptors (Lipinski definition) is 10. The second kappa shape index (κ2) is 11.7. The van der Waals surface area contributed by atoms with E-state index < -0.39 is 35.5 Å². The fraction of sp³-hybridized carbons (Fsp3) is 0.241. The van der Waals surface area contributed by atoms with Crippen LogP contribution in [0.3, 0.4) is 0 Å². The van der Waals surface area contributed by atoms with Crippen LogP contribution < -0.4 is 10.5 Å². The van der Waals surface area contributed by atoms with Crippen molar-refractivity contribution in [3.63, 3.8) is 0 Å². The van der Waals surface area contributed by atoms with E-state index in [1.54, 1.807) is 12.1 Å². The number of ether oxygens (including phenoxy) is 4. The average molecular weight is 573 g/mol. The molecule has 42 heavy (non-hydrogen) atoms. The number of nitriles is 1. The number of benzene rings is 2. The molecule has 2 aromatic heterocycles. The van der Waals surface area contributed by atoms with Crippen LogP contribution in [0.5, 0.6) is 6.01 Å². The Labute approximate surface area is 239 Å². The molecular formula is C29H25FN6O6. The Hall–Kier alpha value is -5.19. The predicted octanol–water partition coefficient (Wildman–Crippen LogP) is 3.01. The van der Waals surface area contributed by atoms with Crippen LogP contribution >= 0.6 is 0 Å². The molecule has 12 nitrogen and oxygen atoms in total. The van der Waals surface area contributed by atoms with Crippen molar-refractivity contribution in [3.05, 3.63) is 84.1 Å². The van der Waals surface area contributed by atoms with E-state index in [1.165, 1.54) is 37.4 Å². The van der Waals surface area contributed by atoms with Crippen molar-refractivity contribution in [2.45, 2.75) is 19.3 Å². The number of esters is 1. The summed E-state index contributed by atoms with van der Waals surface area (Å²) in [6.07, 6.45) is 1.49. The first-order valence-electron chi connectivity index (χ1n) is 12.7. The number of halogens is 1. The third-order valence-electron chi connectivity index (χ3n) is 6.51. The zero-order valence-electron chi connectivity index (χ0n) is 22.4. The molecule has 1 amide bonds. The summed E-state index contributed by atoms with van der Waals surface area (Å²) in [6.45, 7) is 0.631. The van der Waals surface area contributed by atoms with Crippen LogP contribution in [-0.2, 0) is 36.2 Å². The van der Waals surface area contributed by atoms with Crippen molar-refractivity contribution >= 4 is 11.9 Å². The molecule has 0 aliphatic carbocycles. The van der Waals surface area contributed by atoms with E-state index in [2.05, 4.69) is 19.9 Å². The van der Waals surface area contributed by atoms with Gasteiger partial charge in [-0.1, -0.05) is 30.3 Å². The van der Waals surface area contributed by atoms with Gasteiger partial charge in [0, 0.05) is 11.8 Å². The van der Waals surface area contributed by atoms with Crippen molar-refractivity contribution in [2.75, 3.05) is 19.8 Å². The number of nitrogens with one attached hydrogen (secondary N) is 1. The minimum Gasteiger partial charge on any atom is -0.459 e. The minimum absolute atomic E-state index is 0.0824. The van der Waals surface area contributed by atoms with Gasteiger partial charge in [0.15, 0.2) is 12.4 Å². The number of primary amides is 1. The maximum absolute atomic E-state index is 13.8. The summed E-state index contributed by atoms with van der Waals surface area (Å²) in [5.74, 6) is -4.55. The van der Waals surface area contributed by atoms with Crippen LogP contribution in [0.25, 0.3) is 22.6 Å². The number of carbonyl (C=O) groups is 2. The number of H-pyrrole nitrogens is 1. The third-order valence-corrected chi connectivity index (χ3v) is 6.51. The topological polar surface area (TPSA) is 175 Å². The molecule has 214 valence electrons. The molecule has 1 aliphatic heterocycles. The van der Waals surface area contributed by atoms with Gasteiger partial charge in [-0.15, -0.1) is 0 Å². The number of nitrogens with two attached hydrogens (primary N) is 1. The Morgan fingerprint density at radius 3 is 2.48 bits per heavy atom. The second-order valence-electron chi connectivity index (χ2n) is 9.67. The number of nitrogens with zero attached hydrogens (tertiary/aromatic N) is 4. The van der Waals surface area contributed by atoms with Gasteiger partial charge in [-0.2, -0.15) is 10.2 Å². The lowest BCUT2D eigenvalue weighted by Crippen LogP contribution is -2.56. The Bertz CT molecular complexity index is 1630. The number of rotatable bonds is 9. The summed E-state index contributed by atoms with van der Waals surface area (Å²) >= 11 is 0. The summed E-state index contributed by atoms with van der Waals surface area (Å²) in [6, 6.07) is 18.4. The summed E-state index contributed by atoms with van der Waals surface area (Å²) in [4.78, 5) is 41.6. The Kier molecular flexibility index (Phi) is 7.92. The van der Waals surface area contributed by atoms with Crippen molar-refractivity contribution < 1.29 is 32.9 Å². The first-order chi connectivity index (χ1) is 20.2. The average Bonchev–Trinajstić information content (AvgIpc) is 3.46. The molecule has 3 N–H and O–H groups in total. The lowest BCUT2D eigenvalue weighted by atomic mass is 9.91. The van der Waals surface area contributed by atoms with E-state index >= 15 is 0 Å². The largest absolute Gasteiger partial charge is 0.459 e. The molecule has 0 unspecified atom stereocenters. The van der Waals surface area contributed by atoms with Gasteiger partial charge in [-0.3, -0.25) is 9.59 Å². The maximum atomic E-state index is 13.8. The Balaban J connectivity index is 1.51. The van der Waals surface area contributed by atoms with Crippen LogP contribution in [0.1, 0.15) is 18.3 Å². The van der Waals surface area contributed by atoms with E-state index in [1.807, 2.05) is 30.3 Å². The predicted molar refractivity (Wildman–Crippen MR) is 143 cm³/mol. The molecule has 0 saturated carbocycles. The van der Waals surface area contributed by atoms with Gasteiger partial charge < -0.3 is 29.7 Å². The minimum atomic E-state index is -2.21. The van der Waals surface area contributed by atoms with Gasteiger partial charge in [0.2, 0.25) is 0 Å². The molecule has 5 rings (SSSR count). The smallest absolute Gasteiger partial charge is 0.317 e. The van der Waals surface area contributed by atoms with Gasteiger partial charge in [-0.05, 0) is 42.8 Å². The number of aromatic nitrogens is 4. The molecule has 1 aliphatic rings. The molecule has 0 bridgehead atoms. The van der Waals surface area contributed by atoms with Gasteiger partial charge >= 0.3 is 17.8 Å². The maximum Gasteiger partial charge on any atom is 0.317 e. The summed E-state index contributed by atoms with van der Waals surface area (Å²) in [7, 11) is 0. The molecule has 3 heterocycles. The number of amides is 1. The summed E-state index contributed by atoms with van der Waals surface area (Å²) in [5.41, 5.74) is 6.78. The van der Waals surface area contributed by atoms with E-state index in [0.29, 0.717) is 17.0 Å². The number of imidazole rings is 1. The quantitative estimate of drug-likeness (QED) is 0.284. The standard InChI is InChI=1S/C29H25FN6O6/c1-28(26(38)39-14-12-31)16-41-29(24(32)37,42-17-28)25-35-22(19-7-9-20(30)10-8-19)23(36-25)21-11-13-33-27(34-21)40-15-18-5-3-2-4-6-18/h2-11,13H,14-17H2,1H3,(H2,32,37)(H,35,36). The number of hydrogen-bond donors (Lipinski definition) is 2.